The fourth-order valence-electron chi connectivity index (χ4n) is 1.72. The molecule has 0 saturated carbocycles. The monoisotopic (exact) mass is 294 g/mol. The topological polar surface area (TPSA) is 52.6 Å². The Morgan fingerprint density at radius 3 is 2.43 bits per heavy atom. The van der Waals surface area contributed by atoms with Gasteiger partial charge in [-0.2, -0.15) is 0 Å². The molecule has 0 heterocycles. The van der Waals surface area contributed by atoms with Crippen molar-refractivity contribution in [3.63, 3.8) is 0 Å². The van der Waals surface area contributed by atoms with Gasteiger partial charge in [-0.1, -0.05) is 23.8 Å². The van der Waals surface area contributed by atoms with E-state index in [1.807, 2.05) is 6.08 Å². The smallest absolute Gasteiger partial charge is 0.330 e. The second-order valence-corrected chi connectivity index (χ2v) is 4.41. The van der Waals surface area contributed by atoms with Gasteiger partial charge < -0.3 is 9.47 Å². The number of hydrogen-bond acceptors (Lipinski definition) is 4. The van der Waals surface area contributed by atoms with E-state index >= 15 is 0 Å². The van der Waals surface area contributed by atoms with Crippen molar-refractivity contribution in [1.29, 1.82) is 0 Å². The minimum absolute atomic E-state index is 0.154. The molecule has 0 aromatic carbocycles. The molecule has 0 amide bonds. The lowest BCUT2D eigenvalue weighted by molar-refractivity contribution is -0.143. The summed E-state index contributed by atoms with van der Waals surface area (Å²) in [5, 5.41) is 0. The average molecular weight is 294 g/mol. The first-order chi connectivity index (χ1) is 10.1. The molecule has 0 saturated heterocycles. The van der Waals surface area contributed by atoms with E-state index in [0.717, 1.165) is 19.3 Å². The van der Waals surface area contributed by atoms with E-state index in [0.29, 0.717) is 26.1 Å². The Bertz CT molecular complexity index is 380. The van der Waals surface area contributed by atoms with E-state index in [1.54, 1.807) is 19.9 Å². The molecule has 0 unspecified atom stereocenters. The van der Waals surface area contributed by atoms with Crippen LogP contribution in [0.3, 0.4) is 0 Å². The summed E-state index contributed by atoms with van der Waals surface area (Å²) >= 11 is 0. The van der Waals surface area contributed by atoms with E-state index in [2.05, 4.69) is 12.7 Å². The second-order valence-electron chi connectivity index (χ2n) is 4.41. The number of hydrogen-bond donors (Lipinski definition) is 0. The molecule has 0 fully saturated rings. The Labute approximate surface area is 127 Å². The molecule has 0 aliphatic heterocycles. The predicted molar refractivity (Wildman–Crippen MR) is 83.8 cm³/mol. The number of esters is 2. The third kappa shape index (κ3) is 11.7. The van der Waals surface area contributed by atoms with Crippen LogP contribution in [0.2, 0.25) is 0 Å². The average Bonchev–Trinajstić information content (AvgIpc) is 2.44. The number of carbonyl (C=O) groups excluding carboxylic acids is 2. The number of allylic oxidation sites excluding steroid dienone is 4. The summed E-state index contributed by atoms with van der Waals surface area (Å²) in [6, 6.07) is 0. The van der Waals surface area contributed by atoms with Crippen LogP contribution in [0.4, 0.5) is 0 Å². The van der Waals surface area contributed by atoms with Crippen molar-refractivity contribution in [2.24, 2.45) is 0 Å². The van der Waals surface area contributed by atoms with Gasteiger partial charge in [0.25, 0.3) is 0 Å². The maximum absolute atomic E-state index is 11.2. The first-order valence-electron chi connectivity index (χ1n) is 7.41. The molecular weight excluding hydrogens is 268 g/mol. The lowest BCUT2D eigenvalue weighted by Gasteiger charge is -2.03. The second kappa shape index (κ2) is 13.2. The van der Waals surface area contributed by atoms with Crippen LogP contribution in [-0.2, 0) is 19.1 Å². The van der Waals surface area contributed by atoms with Crippen molar-refractivity contribution in [2.45, 2.75) is 46.0 Å². The van der Waals surface area contributed by atoms with E-state index in [1.165, 1.54) is 11.6 Å². The molecule has 4 nitrogen and oxygen atoms in total. The lowest BCUT2D eigenvalue weighted by atomic mass is 10.1. The molecule has 0 aliphatic carbocycles. The predicted octanol–water partition coefficient (Wildman–Crippen LogP) is 3.73. The highest BCUT2D eigenvalue weighted by Gasteiger charge is 2.00. The van der Waals surface area contributed by atoms with Gasteiger partial charge >= 0.3 is 11.9 Å². The van der Waals surface area contributed by atoms with E-state index in [9.17, 15) is 9.59 Å². The molecule has 0 aliphatic rings. The molecule has 21 heavy (non-hydrogen) atoms. The molecule has 0 rings (SSSR count). The van der Waals surface area contributed by atoms with Crippen molar-refractivity contribution in [1.82, 2.24) is 0 Å². The van der Waals surface area contributed by atoms with Crippen LogP contribution in [0.25, 0.3) is 0 Å². The van der Waals surface area contributed by atoms with Gasteiger partial charge in [0.1, 0.15) is 0 Å². The fourth-order valence-corrected chi connectivity index (χ4v) is 1.72. The Morgan fingerprint density at radius 2 is 1.81 bits per heavy atom. The highest BCUT2D eigenvalue weighted by molar-refractivity contribution is 5.81. The van der Waals surface area contributed by atoms with Gasteiger partial charge in [-0.15, -0.1) is 6.58 Å². The molecule has 0 bridgehead atoms. The van der Waals surface area contributed by atoms with Gasteiger partial charge in [0, 0.05) is 12.5 Å². The molecule has 4 heteroatoms. The molecular formula is C17H26O4. The van der Waals surface area contributed by atoms with E-state index in [4.69, 9.17) is 9.47 Å². The zero-order valence-electron chi connectivity index (χ0n) is 13.1. The maximum atomic E-state index is 11.2. The molecule has 0 N–H and O–H groups in total. The molecule has 0 atom stereocenters. The third-order valence-electron chi connectivity index (χ3n) is 2.65. The first-order valence-corrected chi connectivity index (χ1v) is 7.41. The largest absolute Gasteiger partial charge is 0.466 e. The number of carbonyl (C=O) groups is 2. The van der Waals surface area contributed by atoms with Gasteiger partial charge in [-0.05, 0) is 39.5 Å². The van der Waals surface area contributed by atoms with Crippen molar-refractivity contribution in [2.75, 3.05) is 13.2 Å². The van der Waals surface area contributed by atoms with Crippen molar-refractivity contribution < 1.29 is 19.1 Å². The normalized spacial score (nSPS) is 11.4. The highest BCUT2D eigenvalue weighted by atomic mass is 16.5. The van der Waals surface area contributed by atoms with Crippen molar-refractivity contribution in [3.05, 3.63) is 36.5 Å². The Kier molecular flexibility index (Phi) is 12.0. The quantitative estimate of drug-likeness (QED) is 0.252. The van der Waals surface area contributed by atoms with Crippen molar-refractivity contribution >= 4 is 11.9 Å². The van der Waals surface area contributed by atoms with Crippen LogP contribution in [0.1, 0.15) is 46.0 Å². The summed E-state index contributed by atoms with van der Waals surface area (Å²) in [6.07, 6.45) is 10.6. The van der Waals surface area contributed by atoms with Gasteiger partial charge in [0.05, 0.1) is 13.2 Å². The van der Waals surface area contributed by atoms with Crippen LogP contribution in [0.15, 0.2) is 36.5 Å². The zero-order valence-corrected chi connectivity index (χ0v) is 13.1. The Morgan fingerprint density at radius 1 is 1.10 bits per heavy atom. The molecule has 0 radical (unpaired) electrons. The highest BCUT2D eigenvalue weighted by Crippen LogP contribution is 2.12. The fraction of sp³-hybridized carbons (Fsp3) is 0.529. The SMILES string of the molecule is C=CC/C(=C\CCCC(=O)OCC)C/C=C/C(=O)OCC. The summed E-state index contributed by atoms with van der Waals surface area (Å²) < 4.78 is 9.69. The first kappa shape index (κ1) is 19.2. The van der Waals surface area contributed by atoms with Crippen LogP contribution < -0.4 is 0 Å². The van der Waals surface area contributed by atoms with E-state index in [-0.39, 0.29) is 11.9 Å². The Balaban J connectivity index is 4.15. The maximum Gasteiger partial charge on any atom is 0.330 e. The number of unbranched alkanes of at least 4 members (excludes halogenated alkanes) is 1. The lowest BCUT2D eigenvalue weighted by Crippen LogP contribution is -2.02. The summed E-state index contributed by atoms with van der Waals surface area (Å²) in [4.78, 5) is 22.4. The number of ether oxygens (including phenoxy) is 2. The van der Waals surface area contributed by atoms with Gasteiger partial charge in [0.2, 0.25) is 0 Å². The Hall–Kier alpha value is -1.84. The van der Waals surface area contributed by atoms with Crippen LogP contribution in [0.5, 0.6) is 0 Å². The van der Waals surface area contributed by atoms with Crippen LogP contribution in [0, 0.1) is 0 Å². The van der Waals surface area contributed by atoms with Crippen LogP contribution >= 0.6 is 0 Å². The molecule has 0 spiro atoms. The summed E-state index contributed by atoms with van der Waals surface area (Å²) in [5.74, 6) is -0.476. The van der Waals surface area contributed by atoms with Gasteiger partial charge in [-0.3, -0.25) is 4.79 Å². The molecule has 0 aromatic rings. The minimum atomic E-state index is -0.322. The van der Waals surface area contributed by atoms with Gasteiger partial charge in [0.15, 0.2) is 0 Å². The summed E-state index contributed by atoms with van der Waals surface area (Å²) in [5.41, 5.74) is 1.18. The van der Waals surface area contributed by atoms with Gasteiger partial charge in [-0.25, -0.2) is 4.79 Å². The van der Waals surface area contributed by atoms with Crippen molar-refractivity contribution in [3.8, 4) is 0 Å². The zero-order chi connectivity index (χ0) is 15.9. The molecule has 118 valence electrons. The minimum Gasteiger partial charge on any atom is -0.466 e. The standard InChI is InChI=1S/C17H26O4/c1-4-10-15(12-9-14-17(19)21-6-3)11-7-8-13-16(18)20-5-2/h4,9,11,14H,1,5-8,10,12-13H2,2-3H3/b14-9+,15-11+. The van der Waals surface area contributed by atoms with Crippen LogP contribution in [-0.4, -0.2) is 25.2 Å². The summed E-state index contributed by atoms with van der Waals surface area (Å²) in [6.45, 7) is 8.11. The molecule has 0 aromatic heterocycles. The van der Waals surface area contributed by atoms with E-state index < -0.39 is 0 Å². The summed E-state index contributed by atoms with van der Waals surface area (Å²) in [7, 11) is 0. The number of rotatable bonds is 11. The third-order valence-corrected chi connectivity index (χ3v) is 2.65.